The predicted octanol–water partition coefficient (Wildman–Crippen LogP) is -0.263. The van der Waals surface area contributed by atoms with Gasteiger partial charge in [0.2, 0.25) is 5.91 Å². The summed E-state index contributed by atoms with van der Waals surface area (Å²) in [6.45, 7) is 5.13. The zero-order valence-electron chi connectivity index (χ0n) is 9.03. The number of nitrogens with one attached hydrogen (secondary N) is 1. The van der Waals surface area contributed by atoms with Crippen molar-refractivity contribution in [1.29, 1.82) is 5.26 Å². The summed E-state index contributed by atoms with van der Waals surface area (Å²) < 4.78 is 5.37. The molecule has 0 aliphatic carbocycles. The second kappa shape index (κ2) is 6.38. The number of hydrogen-bond donors (Lipinski definition) is 1. The molecule has 1 amide bonds. The Labute approximate surface area is 90.0 Å². The van der Waals surface area contributed by atoms with Crippen molar-refractivity contribution in [3.8, 4) is 6.07 Å². The van der Waals surface area contributed by atoms with E-state index in [1.54, 1.807) is 0 Å². The average molecular weight is 211 g/mol. The minimum absolute atomic E-state index is 0.0145. The molecule has 0 bridgehead atoms. The highest BCUT2D eigenvalue weighted by molar-refractivity contribution is 5.78. The maximum Gasteiger partial charge on any atom is 0.234 e. The van der Waals surface area contributed by atoms with Crippen molar-refractivity contribution < 1.29 is 9.53 Å². The lowest BCUT2D eigenvalue weighted by atomic mass is 10.3. The molecule has 1 fully saturated rings. The summed E-state index contributed by atoms with van der Waals surface area (Å²) in [4.78, 5) is 13.5. The molecule has 5 nitrogen and oxygen atoms in total. The van der Waals surface area contributed by atoms with Crippen LogP contribution in [-0.4, -0.2) is 49.7 Å². The number of carbonyl (C=O) groups excluding carboxylic acids is 1. The second-order valence-electron chi connectivity index (χ2n) is 3.67. The van der Waals surface area contributed by atoms with Gasteiger partial charge in [-0.25, -0.2) is 0 Å². The molecular weight excluding hydrogens is 194 g/mol. The monoisotopic (exact) mass is 211 g/mol. The molecule has 0 saturated carbocycles. The van der Waals surface area contributed by atoms with Crippen LogP contribution >= 0.6 is 0 Å². The van der Waals surface area contributed by atoms with E-state index in [0.29, 0.717) is 26.1 Å². The minimum Gasteiger partial charge on any atom is -0.376 e. The molecule has 0 aromatic rings. The lowest BCUT2D eigenvalue weighted by Gasteiger charge is -2.30. The molecule has 0 radical (unpaired) electrons. The molecule has 0 aromatic heterocycles. The normalized spacial score (nSPS) is 22.0. The van der Waals surface area contributed by atoms with Gasteiger partial charge in [0.1, 0.15) is 0 Å². The minimum atomic E-state index is -0.0145. The van der Waals surface area contributed by atoms with E-state index >= 15 is 0 Å². The Morgan fingerprint density at radius 1 is 1.73 bits per heavy atom. The van der Waals surface area contributed by atoms with Crippen LogP contribution in [0.5, 0.6) is 0 Å². The molecule has 1 saturated heterocycles. The van der Waals surface area contributed by atoms with Gasteiger partial charge in [-0.2, -0.15) is 5.26 Å². The Balaban J connectivity index is 2.16. The molecule has 1 aliphatic rings. The Morgan fingerprint density at radius 3 is 3.20 bits per heavy atom. The van der Waals surface area contributed by atoms with E-state index in [0.717, 1.165) is 13.1 Å². The van der Waals surface area contributed by atoms with Crippen LogP contribution in [0, 0.1) is 11.3 Å². The van der Waals surface area contributed by atoms with E-state index in [-0.39, 0.29) is 12.0 Å². The molecule has 15 heavy (non-hydrogen) atoms. The highest BCUT2D eigenvalue weighted by Gasteiger charge is 2.18. The lowest BCUT2D eigenvalue weighted by molar-refractivity contribution is -0.124. The predicted molar refractivity (Wildman–Crippen MR) is 55.1 cm³/mol. The Morgan fingerprint density at radius 2 is 2.53 bits per heavy atom. The number of hydrogen-bond acceptors (Lipinski definition) is 4. The third-order valence-electron chi connectivity index (χ3n) is 2.25. The molecule has 1 rings (SSSR count). The van der Waals surface area contributed by atoms with Gasteiger partial charge in [-0.15, -0.1) is 0 Å². The first-order chi connectivity index (χ1) is 7.22. The van der Waals surface area contributed by atoms with Crippen molar-refractivity contribution in [1.82, 2.24) is 10.2 Å². The van der Waals surface area contributed by atoms with Crippen molar-refractivity contribution in [2.24, 2.45) is 0 Å². The van der Waals surface area contributed by atoms with Gasteiger partial charge < -0.3 is 10.1 Å². The van der Waals surface area contributed by atoms with E-state index < -0.39 is 0 Å². The SMILES string of the molecule is C[C@H]1CN(CC(=O)NCCC#N)CCO1. The number of ether oxygens (including phenoxy) is 1. The first-order valence-corrected chi connectivity index (χ1v) is 5.20. The summed E-state index contributed by atoms with van der Waals surface area (Å²) >= 11 is 0. The molecule has 0 unspecified atom stereocenters. The highest BCUT2D eigenvalue weighted by Crippen LogP contribution is 2.03. The number of nitriles is 1. The van der Waals surface area contributed by atoms with E-state index in [1.165, 1.54) is 0 Å². The maximum atomic E-state index is 11.4. The van der Waals surface area contributed by atoms with Crippen LogP contribution in [0.4, 0.5) is 0 Å². The first-order valence-electron chi connectivity index (χ1n) is 5.20. The van der Waals surface area contributed by atoms with Gasteiger partial charge in [-0.1, -0.05) is 0 Å². The summed E-state index contributed by atoms with van der Waals surface area (Å²) in [7, 11) is 0. The Hall–Kier alpha value is -1.12. The Kier molecular flexibility index (Phi) is 5.08. The maximum absolute atomic E-state index is 11.4. The molecule has 5 heteroatoms. The van der Waals surface area contributed by atoms with Gasteiger partial charge in [0.15, 0.2) is 0 Å². The summed E-state index contributed by atoms with van der Waals surface area (Å²) in [5, 5.41) is 11.0. The van der Waals surface area contributed by atoms with Crippen molar-refractivity contribution in [2.45, 2.75) is 19.4 Å². The molecule has 0 spiro atoms. The fourth-order valence-corrected chi connectivity index (χ4v) is 1.55. The molecule has 1 heterocycles. The van der Waals surface area contributed by atoms with Gasteiger partial charge in [0, 0.05) is 19.6 Å². The number of rotatable bonds is 4. The number of morpholine rings is 1. The van der Waals surface area contributed by atoms with Crippen LogP contribution < -0.4 is 5.32 Å². The first kappa shape index (κ1) is 12.0. The van der Waals surface area contributed by atoms with Crippen LogP contribution in [0.15, 0.2) is 0 Å². The van der Waals surface area contributed by atoms with Crippen LogP contribution in [0.3, 0.4) is 0 Å². The van der Waals surface area contributed by atoms with E-state index in [2.05, 4.69) is 10.2 Å². The van der Waals surface area contributed by atoms with Crippen LogP contribution in [0.1, 0.15) is 13.3 Å². The summed E-state index contributed by atoms with van der Waals surface area (Å²) in [6.07, 6.45) is 0.566. The molecular formula is C10H17N3O2. The Bertz CT molecular complexity index is 250. The fourth-order valence-electron chi connectivity index (χ4n) is 1.55. The van der Waals surface area contributed by atoms with Gasteiger partial charge in [0.25, 0.3) is 0 Å². The molecule has 1 atom stereocenters. The highest BCUT2D eigenvalue weighted by atomic mass is 16.5. The summed E-state index contributed by atoms with van der Waals surface area (Å²) in [5.74, 6) is -0.0145. The van der Waals surface area contributed by atoms with Gasteiger partial charge in [-0.05, 0) is 6.92 Å². The summed E-state index contributed by atoms with van der Waals surface area (Å²) in [5.41, 5.74) is 0. The second-order valence-corrected chi connectivity index (χ2v) is 3.67. The number of nitrogens with zero attached hydrogens (tertiary/aromatic N) is 2. The van der Waals surface area contributed by atoms with Crippen molar-refractivity contribution in [2.75, 3.05) is 32.8 Å². The third kappa shape index (κ3) is 4.77. The number of amides is 1. The van der Waals surface area contributed by atoms with Gasteiger partial charge >= 0.3 is 0 Å². The van der Waals surface area contributed by atoms with E-state index in [4.69, 9.17) is 10.00 Å². The molecule has 0 aromatic carbocycles. The molecule has 1 aliphatic heterocycles. The smallest absolute Gasteiger partial charge is 0.234 e. The lowest BCUT2D eigenvalue weighted by Crippen LogP contribution is -2.46. The average Bonchev–Trinajstić information content (AvgIpc) is 2.18. The third-order valence-corrected chi connectivity index (χ3v) is 2.25. The van der Waals surface area contributed by atoms with Crippen molar-refractivity contribution in [3.63, 3.8) is 0 Å². The van der Waals surface area contributed by atoms with Gasteiger partial charge in [0.05, 0.1) is 31.7 Å². The molecule has 1 N–H and O–H groups in total. The van der Waals surface area contributed by atoms with E-state index in [1.807, 2.05) is 13.0 Å². The zero-order valence-corrected chi connectivity index (χ0v) is 9.03. The van der Waals surface area contributed by atoms with Crippen molar-refractivity contribution in [3.05, 3.63) is 0 Å². The van der Waals surface area contributed by atoms with E-state index in [9.17, 15) is 4.79 Å². The number of carbonyl (C=O) groups is 1. The molecule has 84 valence electrons. The van der Waals surface area contributed by atoms with Crippen molar-refractivity contribution >= 4 is 5.91 Å². The van der Waals surface area contributed by atoms with Crippen LogP contribution in [0.25, 0.3) is 0 Å². The topological polar surface area (TPSA) is 65.4 Å². The standard InChI is InChI=1S/C10H17N3O2/c1-9-7-13(5-6-15-9)8-10(14)12-4-2-3-11/h9H,2,4-8H2,1H3,(H,12,14)/t9-/m0/s1. The van der Waals surface area contributed by atoms with Crippen LogP contribution in [-0.2, 0) is 9.53 Å². The summed E-state index contributed by atoms with van der Waals surface area (Å²) in [6, 6.07) is 1.99. The van der Waals surface area contributed by atoms with Gasteiger partial charge in [-0.3, -0.25) is 9.69 Å². The fraction of sp³-hybridized carbons (Fsp3) is 0.800. The van der Waals surface area contributed by atoms with Crippen LogP contribution in [0.2, 0.25) is 0 Å². The largest absolute Gasteiger partial charge is 0.376 e. The zero-order chi connectivity index (χ0) is 11.1. The quantitative estimate of drug-likeness (QED) is 0.650.